The zero-order valence-electron chi connectivity index (χ0n) is 10.7. The van der Waals surface area contributed by atoms with Crippen LogP contribution in [0.4, 0.5) is 5.69 Å². The van der Waals surface area contributed by atoms with Crippen molar-refractivity contribution in [2.45, 2.75) is 26.2 Å². The number of aryl methyl sites for hydroxylation is 1. The van der Waals surface area contributed by atoms with Gasteiger partial charge in [0, 0.05) is 30.3 Å². The van der Waals surface area contributed by atoms with Gasteiger partial charge in [-0.1, -0.05) is 0 Å². The van der Waals surface area contributed by atoms with E-state index in [0.717, 1.165) is 42.1 Å². The number of nitrogens with zero attached hydrogens (tertiary/aromatic N) is 1. The van der Waals surface area contributed by atoms with Gasteiger partial charge in [0.25, 0.3) is 5.91 Å². The van der Waals surface area contributed by atoms with Gasteiger partial charge in [-0.25, -0.2) is 0 Å². The van der Waals surface area contributed by atoms with Crippen molar-refractivity contribution in [1.82, 2.24) is 4.90 Å². The summed E-state index contributed by atoms with van der Waals surface area (Å²) in [5.41, 5.74) is 6.49. The van der Waals surface area contributed by atoms with E-state index in [0.29, 0.717) is 11.6 Å². The molecule has 0 saturated carbocycles. The summed E-state index contributed by atoms with van der Waals surface area (Å²) < 4.78 is 0. The van der Waals surface area contributed by atoms with E-state index in [2.05, 4.69) is 0 Å². The smallest absolute Gasteiger partial charge is 0.264 e. The SMILES string of the molecule is Cc1sc(C(=O)N2CCCC(CCO)C2)cc1N. The van der Waals surface area contributed by atoms with Crippen LogP contribution in [-0.4, -0.2) is 35.6 Å². The number of amides is 1. The minimum Gasteiger partial charge on any atom is -0.398 e. The van der Waals surface area contributed by atoms with E-state index in [-0.39, 0.29) is 12.5 Å². The first-order chi connectivity index (χ1) is 8.61. The van der Waals surface area contributed by atoms with Crippen molar-refractivity contribution >= 4 is 22.9 Å². The van der Waals surface area contributed by atoms with Crippen LogP contribution in [0.2, 0.25) is 0 Å². The normalized spacial score (nSPS) is 20.1. The fourth-order valence-electron chi connectivity index (χ4n) is 2.43. The minimum atomic E-state index is 0.0856. The van der Waals surface area contributed by atoms with Gasteiger partial charge in [0.15, 0.2) is 0 Å². The quantitative estimate of drug-likeness (QED) is 0.879. The Morgan fingerprint density at radius 1 is 1.67 bits per heavy atom. The number of carbonyl (C=O) groups excluding carboxylic acids is 1. The molecule has 2 heterocycles. The third-order valence-corrected chi connectivity index (χ3v) is 4.56. The fourth-order valence-corrected chi connectivity index (χ4v) is 3.33. The van der Waals surface area contributed by atoms with Gasteiger partial charge >= 0.3 is 0 Å². The fraction of sp³-hybridized carbons (Fsp3) is 0.615. The average molecular weight is 268 g/mol. The molecule has 0 radical (unpaired) electrons. The predicted octanol–water partition coefficient (Wildman–Crippen LogP) is 1.87. The van der Waals surface area contributed by atoms with Gasteiger partial charge in [0.05, 0.1) is 4.88 Å². The van der Waals surface area contributed by atoms with Crippen LogP contribution in [0, 0.1) is 12.8 Å². The van der Waals surface area contributed by atoms with Gasteiger partial charge in [0.1, 0.15) is 0 Å². The standard InChI is InChI=1S/C13H20N2O2S/c1-9-11(14)7-12(18-9)13(17)15-5-2-3-10(8-15)4-6-16/h7,10,16H,2-6,8,14H2,1H3. The second kappa shape index (κ2) is 5.71. The maximum atomic E-state index is 12.3. The van der Waals surface area contributed by atoms with Crippen LogP contribution in [0.5, 0.6) is 0 Å². The highest BCUT2D eigenvalue weighted by Crippen LogP contribution is 2.27. The first kappa shape index (κ1) is 13.4. The van der Waals surface area contributed by atoms with Crippen LogP contribution < -0.4 is 5.73 Å². The topological polar surface area (TPSA) is 66.6 Å². The summed E-state index contributed by atoms with van der Waals surface area (Å²) in [5, 5.41) is 8.98. The lowest BCUT2D eigenvalue weighted by Crippen LogP contribution is -2.39. The molecule has 4 nitrogen and oxygen atoms in total. The summed E-state index contributed by atoms with van der Waals surface area (Å²) >= 11 is 1.47. The predicted molar refractivity (Wildman–Crippen MR) is 73.8 cm³/mol. The van der Waals surface area contributed by atoms with Crippen molar-refractivity contribution in [3.63, 3.8) is 0 Å². The summed E-state index contributed by atoms with van der Waals surface area (Å²) in [6, 6.07) is 1.78. The molecule has 0 spiro atoms. The van der Waals surface area contributed by atoms with Crippen molar-refractivity contribution in [2.24, 2.45) is 5.92 Å². The van der Waals surface area contributed by atoms with Gasteiger partial charge in [-0.3, -0.25) is 4.79 Å². The van der Waals surface area contributed by atoms with Crippen LogP contribution in [0.3, 0.4) is 0 Å². The molecule has 1 fully saturated rings. The van der Waals surface area contributed by atoms with Crippen molar-refractivity contribution in [2.75, 3.05) is 25.4 Å². The molecule has 1 unspecified atom stereocenters. The molecular weight excluding hydrogens is 248 g/mol. The highest BCUT2D eigenvalue weighted by molar-refractivity contribution is 7.14. The number of thiophene rings is 1. The van der Waals surface area contributed by atoms with E-state index in [1.165, 1.54) is 11.3 Å². The molecule has 1 aromatic rings. The van der Waals surface area contributed by atoms with E-state index < -0.39 is 0 Å². The number of anilines is 1. The molecule has 0 aliphatic carbocycles. The highest BCUT2D eigenvalue weighted by atomic mass is 32.1. The maximum Gasteiger partial charge on any atom is 0.264 e. The van der Waals surface area contributed by atoms with Crippen LogP contribution in [0.25, 0.3) is 0 Å². The van der Waals surface area contributed by atoms with Crippen LogP contribution >= 0.6 is 11.3 Å². The summed E-state index contributed by atoms with van der Waals surface area (Å²) in [7, 11) is 0. The number of rotatable bonds is 3. The van der Waals surface area contributed by atoms with E-state index in [1.807, 2.05) is 11.8 Å². The van der Waals surface area contributed by atoms with Gasteiger partial charge in [-0.2, -0.15) is 0 Å². The van der Waals surface area contributed by atoms with E-state index in [4.69, 9.17) is 10.8 Å². The monoisotopic (exact) mass is 268 g/mol. The summed E-state index contributed by atoms with van der Waals surface area (Å²) in [6.45, 7) is 3.72. The Bertz CT molecular complexity index is 409. The first-order valence-electron chi connectivity index (χ1n) is 6.38. The van der Waals surface area contributed by atoms with Crippen molar-refractivity contribution in [3.8, 4) is 0 Å². The van der Waals surface area contributed by atoms with Gasteiger partial charge in [-0.05, 0) is 38.2 Å². The second-order valence-electron chi connectivity index (χ2n) is 4.89. The number of aliphatic hydroxyl groups excluding tert-OH is 1. The van der Waals surface area contributed by atoms with E-state index in [9.17, 15) is 4.79 Å². The molecule has 18 heavy (non-hydrogen) atoms. The molecular formula is C13H20N2O2S. The number of aliphatic hydroxyl groups is 1. The van der Waals surface area contributed by atoms with Crippen LogP contribution in [-0.2, 0) is 0 Å². The molecule has 2 rings (SSSR count). The van der Waals surface area contributed by atoms with Crippen LogP contribution in [0.15, 0.2) is 6.07 Å². The number of hydrogen-bond donors (Lipinski definition) is 2. The molecule has 0 aromatic carbocycles. The third kappa shape index (κ3) is 2.84. The molecule has 100 valence electrons. The molecule has 3 N–H and O–H groups in total. The molecule has 1 atom stereocenters. The summed E-state index contributed by atoms with van der Waals surface area (Å²) in [5.74, 6) is 0.522. The lowest BCUT2D eigenvalue weighted by atomic mass is 9.95. The Morgan fingerprint density at radius 2 is 2.44 bits per heavy atom. The van der Waals surface area contributed by atoms with Crippen molar-refractivity contribution in [1.29, 1.82) is 0 Å². The average Bonchev–Trinajstić information content (AvgIpc) is 2.69. The zero-order valence-corrected chi connectivity index (χ0v) is 11.5. The number of nitrogen functional groups attached to an aromatic ring is 1. The van der Waals surface area contributed by atoms with Crippen molar-refractivity contribution in [3.05, 3.63) is 15.8 Å². The van der Waals surface area contributed by atoms with Gasteiger partial charge < -0.3 is 15.7 Å². The molecule has 0 bridgehead atoms. The van der Waals surface area contributed by atoms with Crippen molar-refractivity contribution < 1.29 is 9.90 Å². The summed E-state index contributed by atoms with van der Waals surface area (Å²) in [4.78, 5) is 16.0. The van der Waals surface area contributed by atoms with E-state index in [1.54, 1.807) is 6.07 Å². The number of nitrogens with two attached hydrogens (primary N) is 1. The molecule has 1 aliphatic heterocycles. The van der Waals surface area contributed by atoms with Gasteiger partial charge in [0.2, 0.25) is 0 Å². The largest absolute Gasteiger partial charge is 0.398 e. The Balaban J connectivity index is 2.04. The lowest BCUT2D eigenvalue weighted by Gasteiger charge is -2.32. The number of likely N-dealkylation sites (tertiary alicyclic amines) is 1. The number of piperidine rings is 1. The third-order valence-electron chi connectivity index (χ3n) is 3.51. The Kier molecular flexibility index (Phi) is 4.24. The molecule has 1 aliphatic rings. The minimum absolute atomic E-state index is 0.0856. The molecule has 5 heteroatoms. The number of hydrogen-bond acceptors (Lipinski definition) is 4. The van der Waals surface area contributed by atoms with E-state index >= 15 is 0 Å². The molecule has 1 aromatic heterocycles. The zero-order chi connectivity index (χ0) is 13.1. The second-order valence-corrected chi connectivity index (χ2v) is 6.15. The Morgan fingerprint density at radius 3 is 3.06 bits per heavy atom. The summed E-state index contributed by atoms with van der Waals surface area (Å²) in [6.07, 6.45) is 2.92. The lowest BCUT2D eigenvalue weighted by molar-refractivity contribution is 0.0658. The number of carbonyl (C=O) groups is 1. The van der Waals surface area contributed by atoms with Gasteiger partial charge in [-0.15, -0.1) is 11.3 Å². The Hall–Kier alpha value is -1.07. The maximum absolute atomic E-state index is 12.3. The highest BCUT2D eigenvalue weighted by Gasteiger charge is 2.25. The first-order valence-corrected chi connectivity index (χ1v) is 7.19. The molecule has 1 saturated heterocycles. The van der Waals surface area contributed by atoms with Crippen LogP contribution in [0.1, 0.15) is 33.8 Å². The molecule has 1 amide bonds. The Labute approximate surface area is 111 Å².